The Bertz CT molecular complexity index is 1090. The Morgan fingerprint density at radius 1 is 1.03 bits per heavy atom. The third-order valence-electron chi connectivity index (χ3n) is 6.33. The van der Waals surface area contributed by atoms with Crippen LogP contribution in [0.25, 0.3) is 0 Å². The van der Waals surface area contributed by atoms with E-state index in [-0.39, 0.29) is 35.6 Å². The van der Waals surface area contributed by atoms with Crippen LogP contribution in [0.4, 0.5) is 0 Å². The van der Waals surface area contributed by atoms with Gasteiger partial charge in [-0.3, -0.25) is 9.59 Å². The first kappa shape index (κ1) is 22.6. The Balaban J connectivity index is 1.32. The summed E-state index contributed by atoms with van der Waals surface area (Å²) in [6.45, 7) is 3.24. The number of fused-ring (bicyclic) bond motifs is 1. The molecule has 2 aliphatic rings. The quantitative estimate of drug-likeness (QED) is 0.660. The molecule has 3 heterocycles. The fourth-order valence-electron chi connectivity index (χ4n) is 4.36. The number of benzene rings is 1. The Morgan fingerprint density at radius 3 is 2.44 bits per heavy atom. The summed E-state index contributed by atoms with van der Waals surface area (Å²) in [6, 6.07) is 5.99. The molecule has 0 unspecified atom stereocenters. The maximum atomic E-state index is 12.9. The van der Waals surface area contributed by atoms with Crippen LogP contribution in [0, 0.1) is 5.92 Å². The Labute approximate surface area is 188 Å². The number of amides is 1. The van der Waals surface area contributed by atoms with Gasteiger partial charge in [0.25, 0.3) is 0 Å². The summed E-state index contributed by atoms with van der Waals surface area (Å²) in [5.74, 6) is 1.36. The van der Waals surface area contributed by atoms with E-state index in [9.17, 15) is 18.0 Å². The van der Waals surface area contributed by atoms with E-state index in [1.807, 2.05) is 0 Å². The summed E-state index contributed by atoms with van der Waals surface area (Å²) >= 11 is 0. The number of carbonyl (C=O) groups is 2. The minimum absolute atomic E-state index is 0.0705. The van der Waals surface area contributed by atoms with E-state index < -0.39 is 10.0 Å². The molecule has 2 aliphatic heterocycles. The zero-order chi connectivity index (χ0) is 22.7. The van der Waals surface area contributed by atoms with Crippen molar-refractivity contribution in [1.29, 1.82) is 0 Å². The first-order valence-electron chi connectivity index (χ1n) is 11.2. The molecule has 9 nitrogen and oxygen atoms in total. The lowest BCUT2D eigenvalue weighted by atomic mass is 9.97. The average Bonchev–Trinajstić information content (AvgIpc) is 3.03. The van der Waals surface area contributed by atoms with Crippen molar-refractivity contribution in [3.63, 3.8) is 0 Å². The molecule has 4 rings (SSSR count). The molecule has 1 fully saturated rings. The minimum atomic E-state index is -3.65. The molecule has 0 saturated carbocycles. The maximum absolute atomic E-state index is 12.9. The predicted molar refractivity (Wildman–Crippen MR) is 117 cm³/mol. The fourth-order valence-corrected chi connectivity index (χ4v) is 5.83. The highest BCUT2D eigenvalue weighted by Gasteiger charge is 2.32. The monoisotopic (exact) mass is 459 g/mol. The van der Waals surface area contributed by atoms with Gasteiger partial charge in [0, 0.05) is 37.5 Å². The molecule has 1 saturated heterocycles. The van der Waals surface area contributed by atoms with E-state index in [1.165, 1.54) is 41.9 Å². The molecule has 1 N–H and O–H groups in total. The molecule has 0 spiro atoms. The second-order valence-corrected chi connectivity index (χ2v) is 10.4. The van der Waals surface area contributed by atoms with Crippen LogP contribution in [0.15, 0.2) is 29.2 Å². The normalized spacial score (nSPS) is 18.0. The number of aryl methyl sites for hydroxylation is 1. The molecule has 0 aliphatic carbocycles. The van der Waals surface area contributed by atoms with Crippen molar-refractivity contribution >= 4 is 21.7 Å². The molecule has 1 aromatic heterocycles. The van der Waals surface area contributed by atoms with Crippen LogP contribution in [0.2, 0.25) is 0 Å². The predicted octanol–water partition coefficient (Wildman–Crippen LogP) is 1.92. The van der Waals surface area contributed by atoms with Crippen molar-refractivity contribution < 1.29 is 18.0 Å². The lowest BCUT2D eigenvalue weighted by Crippen LogP contribution is -2.43. The van der Waals surface area contributed by atoms with Crippen molar-refractivity contribution in [2.75, 3.05) is 13.1 Å². The van der Waals surface area contributed by atoms with Gasteiger partial charge in [-0.25, -0.2) is 8.42 Å². The van der Waals surface area contributed by atoms with E-state index in [1.54, 1.807) is 0 Å². The zero-order valence-corrected chi connectivity index (χ0v) is 19.1. The molecule has 1 amide bonds. The summed E-state index contributed by atoms with van der Waals surface area (Å²) in [4.78, 5) is 24.3. The molecule has 1 aromatic carbocycles. The first-order valence-corrected chi connectivity index (χ1v) is 12.6. The van der Waals surface area contributed by atoms with Gasteiger partial charge < -0.3 is 9.88 Å². The van der Waals surface area contributed by atoms with Gasteiger partial charge in [0.05, 0.1) is 11.4 Å². The van der Waals surface area contributed by atoms with Gasteiger partial charge >= 0.3 is 0 Å². The number of aromatic nitrogens is 3. The second kappa shape index (κ2) is 9.50. The number of rotatable bonds is 6. The fraction of sp³-hybridized carbons (Fsp3) is 0.545. The first-order chi connectivity index (χ1) is 15.4. The topological polar surface area (TPSA) is 114 Å². The van der Waals surface area contributed by atoms with Crippen LogP contribution in [-0.2, 0) is 34.3 Å². The molecule has 10 heteroatoms. The van der Waals surface area contributed by atoms with Crippen molar-refractivity contribution in [2.45, 2.75) is 63.4 Å². The highest BCUT2D eigenvalue weighted by Crippen LogP contribution is 2.24. The van der Waals surface area contributed by atoms with Gasteiger partial charge in [-0.05, 0) is 44.7 Å². The van der Waals surface area contributed by atoms with E-state index >= 15 is 0 Å². The van der Waals surface area contributed by atoms with E-state index in [4.69, 9.17) is 0 Å². The van der Waals surface area contributed by atoms with Gasteiger partial charge in [-0.2, -0.15) is 4.31 Å². The Hall–Kier alpha value is -2.59. The minimum Gasteiger partial charge on any atom is -0.349 e. The average molecular weight is 460 g/mol. The van der Waals surface area contributed by atoms with Gasteiger partial charge in [0.15, 0.2) is 11.6 Å². The summed E-state index contributed by atoms with van der Waals surface area (Å²) in [5.41, 5.74) is 0.476. The zero-order valence-electron chi connectivity index (χ0n) is 18.3. The lowest BCUT2D eigenvalue weighted by Gasteiger charge is -2.30. The molecule has 0 atom stereocenters. The summed E-state index contributed by atoms with van der Waals surface area (Å²) in [6.07, 6.45) is 5.25. The number of hydrogen-bond acceptors (Lipinski definition) is 6. The van der Waals surface area contributed by atoms with E-state index in [0.717, 1.165) is 37.5 Å². The molecule has 0 bridgehead atoms. The summed E-state index contributed by atoms with van der Waals surface area (Å²) in [5, 5.41) is 11.5. The van der Waals surface area contributed by atoms with Crippen LogP contribution in [0.3, 0.4) is 0 Å². The number of hydrogen-bond donors (Lipinski definition) is 1. The van der Waals surface area contributed by atoms with Crippen LogP contribution in [0.5, 0.6) is 0 Å². The number of carbonyl (C=O) groups excluding carboxylic acids is 2. The molecular weight excluding hydrogens is 430 g/mol. The number of nitrogens with zero attached hydrogens (tertiary/aromatic N) is 4. The van der Waals surface area contributed by atoms with Gasteiger partial charge in [-0.1, -0.05) is 18.6 Å². The second-order valence-electron chi connectivity index (χ2n) is 8.47. The van der Waals surface area contributed by atoms with Crippen LogP contribution >= 0.6 is 0 Å². The molecular formula is C22H29N5O4S. The Morgan fingerprint density at radius 2 is 1.75 bits per heavy atom. The van der Waals surface area contributed by atoms with Gasteiger partial charge in [0.1, 0.15) is 5.82 Å². The summed E-state index contributed by atoms with van der Waals surface area (Å²) in [7, 11) is -3.65. The third-order valence-corrected chi connectivity index (χ3v) is 8.24. The van der Waals surface area contributed by atoms with Crippen LogP contribution in [0.1, 0.15) is 61.0 Å². The molecule has 2 aromatic rings. The number of piperidine rings is 1. The largest absolute Gasteiger partial charge is 0.349 e. The molecule has 32 heavy (non-hydrogen) atoms. The van der Waals surface area contributed by atoms with Gasteiger partial charge in [-0.15, -0.1) is 10.2 Å². The van der Waals surface area contributed by atoms with E-state index in [2.05, 4.69) is 20.1 Å². The SMILES string of the molecule is CC(=O)c1ccc(S(=O)(=O)N2CCC(C(=O)NCc3nnc4n3CCCCC4)CC2)cc1. The van der Waals surface area contributed by atoms with Crippen molar-refractivity contribution in [2.24, 2.45) is 5.92 Å². The number of sulfonamides is 1. The Kier molecular flexibility index (Phi) is 6.71. The lowest BCUT2D eigenvalue weighted by molar-refractivity contribution is -0.126. The third kappa shape index (κ3) is 4.75. The van der Waals surface area contributed by atoms with Crippen LogP contribution in [-0.4, -0.2) is 52.3 Å². The van der Waals surface area contributed by atoms with E-state index in [0.29, 0.717) is 24.9 Å². The molecule has 172 valence electrons. The van der Waals surface area contributed by atoms with Crippen molar-refractivity contribution in [3.8, 4) is 0 Å². The van der Waals surface area contributed by atoms with Crippen LogP contribution < -0.4 is 5.32 Å². The number of nitrogens with one attached hydrogen (secondary N) is 1. The van der Waals surface area contributed by atoms with Crippen molar-refractivity contribution in [1.82, 2.24) is 24.4 Å². The summed E-state index contributed by atoms with van der Waals surface area (Å²) < 4.78 is 29.4. The van der Waals surface area contributed by atoms with Crippen molar-refractivity contribution in [3.05, 3.63) is 41.5 Å². The highest BCUT2D eigenvalue weighted by atomic mass is 32.2. The molecule has 0 radical (unpaired) electrons. The maximum Gasteiger partial charge on any atom is 0.243 e. The number of Topliss-reactive ketones (excluding diaryl/α,β-unsaturated/α-hetero) is 1. The van der Waals surface area contributed by atoms with Gasteiger partial charge in [0.2, 0.25) is 15.9 Å². The highest BCUT2D eigenvalue weighted by molar-refractivity contribution is 7.89. The smallest absolute Gasteiger partial charge is 0.243 e. The standard InChI is InChI=1S/C22H29N5O4S/c1-16(28)17-6-8-19(9-7-17)32(30,31)26-13-10-18(11-14-26)22(29)23-15-21-25-24-20-5-3-2-4-12-27(20)21/h6-9,18H,2-5,10-15H2,1H3,(H,23,29). The number of ketones is 1.